The summed E-state index contributed by atoms with van der Waals surface area (Å²) in [5.41, 5.74) is 0.450. The molecule has 2 rings (SSSR count). The van der Waals surface area contributed by atoms with E-state index in [1.54, 1.807) is 18.2 Å². The molecule has 0 aliphatic heterocycles. The predicted molar refractivity (Wildman–Crippen MR) is 81.2 cm³/mol. The Hall–Kier alpha value is -2.05. The summed E-state index contributed by atoms with van der Waals surface area (Å²) in [5, 5.41) is 14.5. The topological polar surface area (TPSA) is 67.8 Å². The SMILES string of the molecule is COc1ccc(C(=O)NCC(O)c2cccs2)cc1OC. The first kappa shape index (κ1) is 15.3. The molecule has 112 valence electrons. The number of thiophene rings is 1. The summed E-state index contributed by atoms with van der Waals surface area (Å²) >= 11 is 1.45. The zero-order chi connectivity index (χ0) is 15.2. The van der Waals surface area contributed by atoms with Crippen LogP contribution in [0.3, 0.4) is 0 Å². The summed E-state index contributed by atoms with van der Waals surface area (Å²) in [5.74, 6) is 0.781. The van der Waals surface area contributed by atoms with Crippen LogP contribution in [0.2, 0.25) is 0 Å². The number of aliphatic hydroxyl groups excluding tert-OH is 1. The molecule has 1 amide bonds. The molecule has 1 heterocycles. The zero-order valence-electron chi connectivity index (χ0n) is 11.8. The molecule has 1 unspecified atom stereocenters. The van der Waals surface area contributed by atoms with Crippen LogP contribution < -0.4 is 14.8 Å². The number of methoxy groups -OCH3 is 2. The van der Waals surface area contributed by atoms with E-state index in [0.29, 0.717) is 17.1 Å². The van der Waals surface area contributed by atoms with Gasteiger partial charge in [0.25, 0.3) is 5.91 Å². The number of rotatable bonds is 6. The molecule has 0 saturated carbocycles. The van der Waals surface area contributed by atoms with E-state index >= 15 is 0 Å². The number of aliphatic hydroxyl groups is 1. The summed E-state index contributed by atoms with van der Waals surface area (Å²) in [4.78, 5) is 12.9. The highest BCUT2D eigenvalue weighted by Crippen LogP contribution is 2.27. The summed E-state index contributed by atoms with van der Waals surface area (Å²) in [6.07, 6.45) is -0.700. The molecule has 1 aromatic heterocycles. The molecule has 6 heteroatoms. The number of carbonyl (C=O) groups is 1. The standard InChI is InChI=1S/C15H17NO4S/c1-19-12-6-5-10(8-13(12)20-2)15(18)16-9-11(17)14-4-3-7-21-14/h3-8,11,17H,9H2,1-2H3,(H,16,18). The fourth-order valence-corrected chi connectivity index (χ4v) is 2.56. The molecule has 0 spiro atoms. The van der Waals surface area contributed by atoms with Crippen LogP contribution in [0.5, 0.6) is 11.5 Å². The van der Waals surface area contributed by atoms with Crippen LogP contribution >= 0.6 is 11.3 Å². The van der Waals surface area contributed by atoms with Crippen molar-refractivity contribution in [1.29, 1.82) is 0 Å². The van der Waals surface area contributed by atoms with Gasteiger partial charge in [-0.1, -0.05) is 6.07 Å². The van der Waals surface area contributed by atoms with E-state index in [-0.39, 0.29) is 12.5 Å². The number of ether oxygens (including phenoxy) is 2. The third-order valence-electron chi connectivity index (χ3n) is 2.97. The van der Waals surface area contributed by atoms with E-state index in [1.165, 1.54) is 25.6 Å². The van der Waals surface area contributed by atoms with Crippen LogP contribution in [0.4, 0.5) is 0 Å². The predicted octanol–water partition coefficient (Wildman–Crippen LogP) is 2.23. The lowest BCUT2D eigenvalue weighted by atomic mass is 10.2. The Kier molecular flexibility index (Phi) is 5.19. The molecular formula is C15H17NO4S. The van der Waals surface area contributed by atoms with Crippen molar-refractivity contribution in [2.45, 2.75) is 6.10 Å². The van der Waals surface area contributed by atoms with Crippen molar-refractivity contribution in [2.24, 2.45) is 0 Å². The van der Waals surface area contributed by atoms with Crippen LogP contribution in [-0.2, 0) is 0 Å². The maximum atomic E-state index is 12.1. The van der Waals surface area contributed by atoms with Gasteiger partial charge in [-0.3, -0.25) is 4.79 Å². The quantitative estimate of drug-likeness (QED) is 0.859. The van der Waals surface area contributed by atoms with E-state index in [2.05, 4.69) is 5.32 Å². The summed E-state index contributed by atoms with van der Waals surface area (Å²) in [7, 11) is 3.05. The van der Waals surface area contributed by atoms with Crippen molar-refractivity contribution in [3.05, 3.63) is 46.2 Å². The van der Waals surface area contributed by atoms with Gasteiger partial charge in [-0.05, 0) is 29.6 Å². The second-order valence-corrected chi connectivity index (χ2v) is 5.29. The van der Waals surface area contributed by atoms with Crippen molar-refractivity contribution < 1.29 is 19.4 Å². The smallest absolute Gasteiger partial charge is 0.251 e. The molecule has 1 aromatic carbocycles. The molecule has 1 atom stereocenters. The Labute approximate surface area is 127 Å². The zero-order valence-corrected chi connectivity index (χ0v) is 12.6. The number of benzene rings is 1. The lowest BCUT2D eigenvalue weighted by molar-refractivity contribution is 0.0917. The Morgan fingerprint density at radius 2 is 2.05 bits per heavy atom. The van der Waals surface area contributed by atoms with Crippen molar-refractivity contribution in [3.8, 4) is 11.5 Å². The molecule has 0 radical (unpaired) electrons. The minimum absolute atomic E-state index is 0.160. The molecule has 2 N–H and O–H groups in total. The van der Waals surface area contributed by atoms with Gasteiger partial charge in [0.15, 0.2) is 11.5 Å². The maximum absolute atomic E-state index is 12.1. The summed E-state index contributed by atoms with van der Waals surface area (Å²) < 4.78 is 10.3. The van der Waals surface area contributed by atoms with Crippen molar-refractivity contribution in [2.75, 3.05) is 20.8 Å². The summed E-state index contributed by atoms with van der Waals surface area (Å²) in [6.45, 7) is 0.160. The molecule has 21 heavy (non-hydrogen) atoms. The third-order valence-corrected chi connectivity index (χ3v) is 3.95. The van der Waals surface area contributed by atoms with E-state index in [9.17, 15) is 9.90 Å². The van der Waals surface area contributed by atoms with E-state index < -0.39 is 6.10 Å². The average molecular weight is 307 g/mol. The molecule has 5 nitrogen and oxygen atoms in total. The fraction of sp³-hybridized carbons (Fsp3) is 0.267. The minimum atomic E-state index is -0.700. The third kappa shape index (κ3) is 3.74. The first-order valence-electron chi connectivity index (χ1n) is 6.37. The largest absolute Gasteiger partial charge is 0.493 e. The molecule has 0 aliphatic carbocycles. The lowest BCUT2D eigenvalue weighted by Gasteiger charge is -2.12. The van der Waals surface area contributed by atoms with Gasteiger partial charge < -0.3 is 19.9 Å². The number of amides is 1. The Balaban J connectivity index is 2.00. The minimum Gasteiger partial charge on any atom is -0.493 e. The Morgan fingerprint density at radius 1 is 1.29 bits per heavy atom. The highest BCUT2D eigenvalue weighted by atomic mass is 32.1. The van der Waals surface area contributed by atoms with Gasteiger partial charge >= 0.3 is 0 Å². The van der Waals surface area contributed by atoms with Crippen LogP contribution in [0, 0.1) is 0 Å². The van der Waals surface area contributed by atoms with Gasteiger partial charge in [-0.25, -0.2) is 0 Å². The van der Waals surface area contributed by atoms with Crippen LogP contribution in [0.15, 0.2) is 35.7 Å². The molecule has 0 bridgehead atoms. The average Bonchev–Trinajstić information content (AvgIpc) is 3.06. The van der Waals surface area contributed by atoms with Crippen molar-refractivity contribution in [3.63, 3.8) is 0 Å². The lowest BCUT2D eigenvalue weighted by Crippen LogP contribution is -2.28. The molecule has 0 aliphatic rings. The highest BCUT2D eigenvalue weighted by molar-refractivity contribution is 7.10. The Bertz CT molecular complexity index is 598. The van der Waals surface area contributed by atoms with Crippen molar-refractivity contribution >= 4 is 17.2 Å². The van der Waals surface area contributed by atoms with Gasteiger partial charge in [0.2, 0.25) is 0 Å². The van der Waals surface area contributed by atoms with Gasteiger partial charge in [0, 0.05) is 17.0 Å². The second kappa shape index (κ2) is 7.10. The van der Waals surface area contributed by atoms with Crippen LogP contribution in [-0.4, -0.2) is 31.8 Å². The van der Waals surface area contributed by atoms with Crippen molar-refractivity contribution in [1.82, 2.24) is 5.32 Å². The molecule has 0 fully saturated rings. The Morgan fingerprint density at radius 3 is 2.67 bits per heavy atom. The van der Waals surface area contributed by atoms with E-state index in [0.717, 1.165) is 4.88 Å². The first-order chi connectivity index (χ1) is 10.2. The first-order valence-corrected chi connectivity index (χ1v) is 7.25. The second-order valence-electron chi connectivity index (χ2n) is 4.31. The number of hydrogen-bond acceptors (Lipinski definition) is 5. The van der Waals surface area contributed by atoms with Crippen LogP contribution in [0.25, 0.3) is 0 Å². The molecule has 2 aromatic rings. The number of nitrogens with one attached hydrogen (secondary N) is 1. The summed E-state index contributed by atoms with van der Waals surface area (Å²) in [6, 6.07) is 8.61. The number of carbonyl (C=O) groups excluding carboxylic acids is 1. The van der Waals surface area contributed by atoms with Gasteiger partial charge in [-0.2, -0.15) is 0 Å². The fourth-order valence-electron chi connectivity index (χ4n) is 1.85. The molecule has 0 saturated heterocycles. The monoisotopic (exact) mass is 307 g/mol. The maximum Gasteiger partial charge on any atom is 0.251 e. The van der Waals surface area contributed by atoms with Gasteiger partial charge in [-0.15, -0.1) is 11.3 Å². The molecular weight excluding hydrogens is 290 g/mol. The van der Waals surface area contributed by atoms with Gasteiger partial charge in [0.1, 0.15) is 6.10 Å². The van der Waals surface area contributed by atoms with E-state index in [4.69, 9.17) is 9.47 Å². The van der Waals surface area contributed by atoms with Gasteiger partial charge in [0.05, 0.1) is 14.2 Å². The number of hydrogen-bond donors (Lipinski definition) is 2. The van der Waals surface area contributed by atoms with E-state index in [1.807, 2.05) is 17.5 Å². The normalized spacial score (nSPS) is 11.8. The van der Waals surface area contributed by atoms with Crippen LogP contribution in [0.1, 0.15) is 21.3 Å². The highest BCUT2D eigenvalue weighted by Gasteiger charge is 2.13.